The zero-order chi connectivity index (χ0) is 12.3. The number of esters is 1. The first-order chi connectivity index (χ1) is 8.20. The topological polar surface area (TPSA) is 47.6 Å². The Morgan fingerprint density at radius 2 is 2.41 bits per heavy atom. The molecule has 1 N–H and O–H groups in total. The molecule has 1 saturated heterocycles. The Balaban J connectivity index is 2.05. The fourth-order valence-corrected chi connectivity index (χ4v) is 1.57. The highest BCUT2D eigenvalue weighted by molar-refractivity contribution is 5.90. The summed E-state index contributed by atoms with van der Waals surface area (Å²) in [6.45, 7) is 1.30. The largest absolute Gasteiger partial charge is 0.465 e. The number of nitrogens with one attached hydrogen (secondary N) is 1. The summed E-state index contributed by atoms with van der Waals surface area (Å²) in [7, 11) is 1.29. The molecule has 0 spiro atoms. The monoisotopic (exact) mass is 239 g/mol. The second-order valence-electron chi connectivity index (χ2n) is 3.85. The number of rotatable bonds is 4. The van der Waals surface area contributed by atoms with E-state index in [1.807, 2.05) is 0 Å². The van der Waals surface area contributed by atoms with Crippen LogP contribution in [-0.2, 0) is 9.47 Å². The maximum Gasteiger partial charge on any atom is 0.337 e. The number of hydrogen-bond donors (Lipinski definition) is 1. The van der Waals surface area contributed by atoms with Crippen molar-refractivity contribution in [3.8, 4) is 0 Å². The van der Waals surface area contributed by atoms with Gasteiger partial charge in [0.15, 0.2) is 0 Å². The molecule has 1 atom stereocenters. The third-order valence-corrected chi connectivity index (χ3v) is 2.70. The lowest BCUT2D eigenvalue weighted by Crippen LogP contribution is -2.33. The van der Waals surface area contributed by atoms with E-state index in [0.717, 1.165) is 13.0 Å². The summed E-state index contributed by atoms with van der Waals surface area (Å²) in [5.74, 6) is -0.870. The van der Waals surface area contributed by atoms with E-state index in [2.05, 4.69) is 10.1 Å². The van der Waals surface area contributed by atoms with Gasteiger partial charge in [-0.05, 0) is 24.6 Å². The third-order valence-electron chi connectivity index (χ3n) is 2.70. The molecule has 2 rings (SSSR count). The number of carbonyl (C=O) groups is 1. The van der Waals surface area contributed by atoms with Gasteiger partial charge in [0.2, 0.25) is 0 Å². The Hall–Kier alpha value is -1.62. The molecule has 4 nitrogen and oxygen atoms in total. The lowest BCUT2D eigenvalue weighted by molar-refractivity contribution is -0.0410. The molecule has 92 valence electrons. The highest BCUT2D eigenvalue weighted by atomic mass is 19.1. The van der Waals surface area contributed by atoms with E-state index < -0.39 is 11.8 Å². The number of methoxy groups -OCH3 is 1. The fraction of sp³-hybridized carbons (Fsp3) is 0.417. The van der Waals surface area contributed by atoms with Crippen molar-refractivity contribution in [1.29, 1.82) is 0 Å². The molecule has 0 saturated carbocycles. The molecule has 5 heteroatoms. The average Bonchev–Trinajstić information content (AvgIpc) is 2.28. The van der Waals surface area contributed by atoms with Gasteiger partial charge in [0.1, 0.15) is 5.82 Å². The molecule has 1 heterocycles. The van der Waals surface area contributed by atoms with Crippen molar-refractivity contribution in [3.05, 3.63) is 29.6 Å². The Kier molecular flexibility index (Phi) is 3.58. The van der Waals surface area contributed by atoms with Crippen molar-refractivity contribution in [2.45, 2.75) is 12.5 Å². The predicted octanol–water partition coefficient (Wildman–Crippen LogP) is 1.81. The van der Waals surface area contributed by atoms with Gasteiger partial charge in [-0.25, -0.2) is 9.18 Å². The maximum absolute atomic E-state index is 13.5. The first-order valence-corrected chi connectivity index (χ1v) is 5.44. The molecule has 0 radical (unpaired) electrons. The van der Waals surface area contributed by atoms with Crippen molar-refractivity contribution in [3.63, 3.8) is 0 Å². The number of halogens is 1. The standard InChI is InChI=1S/C12H14FNO3/c1-16-12(15)8-2-3-10(13)11(6-8)14-7-9-4-5-17-9/h2-3,6,9,14H,4-5,7H2,1H3/t9-/m0/s1. The molecule has 1 fully saturated rings. The summed E-state index contributed by atoms with van der Waals surface area (Å²) in [5.41, 5.74) is 0.620. The van der Waals surface area contributed by atoms with Gasteiger partial charge in [-0.1, -0.05) is 0 Å². The van der Waals surface area contributed by atoms with Crippen LogP contribution in [0, 0.1) is 5.82 Å². The van der Waals surface area contributed by atoms with Crippen molar-refractivity contribution in [2.24, 2.45) is 0 Å². The molecule has 1 aromatic carbocycles. The van der Waals surface area contributed by atoms with E-state index in [-0.39, 0.29) is 6.10 Å². The smallest absolute Gasteiger partial charge is 0.337 e. The molecule has 1 aliphatic rings. The van der Waals surface area contributed by atoms with Crippen LogP contribution in [0.1, 0.15) is 16.8 Å². The van der Waals surface area contributed by atoms with Crippen LogP contribution >= 0.6 is 0 Å². The van der Waals surface area contributed by atoms with Crippen molar-refractivity contribution in [2.75, 3.05) is 25.6 Å². The first-order valence-electron chi connectivity index (χ1n) is 5.44. The van der Waals surface area contributed by atoms with Gasteiger partial charge in [0, 0.05) is 13.2 Å². The van der Waals surface area contributed by atoms with E-state index in [0.29, 0.717) is 17.8 Å². The van der Waals surface area contributed by atoms with Crippen LogP contribution in [-0.4, -0.2) is 32.3 Å². The lowest BCUT2D eigenvalue weighted by Gasteiger charge is -2.27. The fourth-order valence-electron chi connectivity index (χ4n) is 1.57. The summed E-state index contributed by atoms with van der Waals surface area (Å²) in [6.07, 6.45) is 1.11. The predicted molar refractivity (Wildman–Crippen MR) is 60.6 cm³/mol. The van der Waals surface area contributed by atoms with Crippen LogP contribution in [0.2, 0.25) is 0 Å². The molecule has 0 amide bonds. The van der Waals surface area contributed by atoms with E-state index in [9.17, 15) is 9.18 Å². The molecule has 1 aliphatic heterocycles. The van der Waals surface area contributed by atoms with Crippen LogP contribution in [0.25, 0.3) is 0 Å². The zero-order valence-corrected chi connectivity index (χ0v) is 9.53. The van der Waals surface area contributed by atoms with E-state index in [1.54, 1.807) is 0 Å². The number of ether oxygens (including phenoxy) is 2. The van der Waals surface area contributed by atoms with Gasteiger partial charge >= 0.3 is 5.97 Å². The van der Waals surface area contributed by atoms with Crippen molar-refractivity contribution in [1.82, 2.24) is 0 Å². The molecule has 0 aromatic heterocycles. The Labute approximate surface area is 98.7 Å². The van der Waals surface area contributed by atoms with Gasteiger partial charge in [-0.2, -0.15) is 0 Å². The third kappa shape index (κ3) is 2.74. The average molecular weight is 239 g/mol. The Morgan fingerprint density at radius 1 is 1.65 bits per heavy atom. The van der Waals surface area contributed by atoms with Crippen LogP contribution in [0.4, 0.5) is 10.1 Å². The molecular weight excluding hydrogens is 225 g/mol. The Morgan fingerprint density at radius 3 is 3.00 bits per heavy atom. The normalized spacial score (nSPS) is 18.4. The van der Waals surface area contributed by atoms with E-state index in [4.69, 9.17) is 4.74 Å². The number of benzene rings is 1. The van der Waals surface area contributed by atoms with Crippen LogP contribution in [0.5, 0.6) is 0 Å². The molecule has 17 heavy (non-hydrogen) atoms. The molecule has 0 aliphatic carbocycles. The van der Waals surface area contributed by atoms with Crippen LogP contribution in [0.15, 0.2) is 18.2 Å². The second kappa shape index (κ2) is 5.14. The molecule has 0 unspecified atom stereocenters. The van der Waals surface area contributed by atoms with Crippen molar-refractivity contribution < 1.29 is 18.7 Å². The quantitative estimate of drug-likeness (QED) is 0.814. The van der Waals surface area contributed by atoms with Gasteiger partial charge in [0.25, 0.3) is 0 Å². The Bertz CT molecular complexity index is 418. The minimum atomic E-state index is -0.479. The van der Waals surface area contributed by atoms with Gasteiger partial charge in [-0.3, -0.25) is 0 Å². The lowest BCUT2D eigenvalue weighted by atomic mass is 10.1. The maximum atomic E-state index is 13.5. The van der Waals surface area contributed by atoms with E-state index in [1.165, 1.54) is 25.3 Å². The SMILES string of the molecule is COC(=O)c1ccc(F)c(NC[C@@H]2CCO2)c1. The minimum Gasteiger partial charge on any atom is -0.465 e. The van der Waals surface area contributed by atoms with Crippen molar-refractivity contribution >= 4 is 11.7 Å². The zero-order valence-electron chi connectivity index (χ0n) is 9.53. The van der Waals surface area contributed by atoms with Crippen LogP contribution in [0.3, 0.4) is 0 Å². The molecule has 1 aromatic rings. The molecule has 0 bridgehead atoms. The minimum absolute atomic E-state index is 0.135. The number of hydrogen-bond acceptors (Lipinski definition) is 4. The van der Waals surface area contributed by atoms with Crippen LogP contribution < -0.4 is 5.32 Å². The number of carbonyl (C=O) groups excluding carboxylic acids is 1. The summed E-state index contributed by atoms with van der Waals surface area (Å²) >= 11 is 0. The highest BCUT2D eigenvalue weighted by Gasteiger charge is 2.18. The summed E-state index contributed by atoms with van der Waals surface area (Å²) in [6, 6.07) is 4.09. The second-order valence-corrected chi connectivity index (χ2v) is 3.85. The first kappa shape index (κ1) is 11.9. The highest BCUT2D eigenvalue weighted by Crippen LogP contribution is 2.18. The van der Waals surface area contributed by atoms with Gasteiger partial charge in [-0.15, -0.1) is 0 Å². The molecular formula is C12H14FNO3. The summed E-state index contributed by atoms with van der Waals surface area (Å²) < 4.78 is 23.2. The summed E-state index contributed by atoms with van der Waals surface area (Å²) in [4.78, 5) is 11.3. The van der Waals surface area contributed by atoms with E-state index >= 15 is 0 Å². The number of anilines is 1. The summed E-state index contributed by atoms with van der Waals surface area (Å²) in [5, 5.41) is 2.93. The van der Waals surface area contributed by atoms with Gasteiger partial charge < -0.3 is 14.8 Å². The van der Waals surface area contributed by atoms with Gasteiger partial charge in [0.05, 0.1) is 24.5 Å².